The zero-order valence-corrected chi connectivity index (χ0v) is 11.5. The molecule has 0 radical (unpaired) electrons. The molecule has 19 heavy (non-hydrogen) atoms. The number of aromatic nitrogens is 1. The van der Waals surface area contributed by atoms with Crippen LogP contribution in [0.2, 0.25) is 0 Å². The Bertz CT molecular complexity index is 473. The second kappa shape index (κ2) is 6.17. The first-order valence-corrected chi connectivity index (χ1v) is 6.00. The van der Waals surface area contributed by atoms with Crippen molar-refractivity contribution >= 4 is 11.9 Å². The van der Waals surface area contributed by atoms with Crippen LogP contribution < -0.4 is 4.73 Å². The molecule has 0 aliphatic heterocycles. The van der Waals surface area contributed by atoms with Crippen molar-refractivity contribution in [3.8, 4) is 0 Å². The fraction of sp³-hybridized carbons (Fsp3) is 0.462. The molecule has 0 saturated carbocycles. The molecule has 0 saturated heterocycles. The van der Waals surface area contributed by atoms with Crippen molar-refractivity contribution < 1.29 is 19.1 Å². The topological polar surface area (TPSA) is 73.5 Å². The average Bonchev–Trinajstić information content (AvgIpc) is 2.36. The standard InChI is InChI=1S/C13H18N2O4/c1-9(2)19-13(17)10(3)14(4)12(16)11-7-5-6-8-15(11)18/h5-10H,1-4H3/t10-/m0/s1. The Morgan fingerprint density at radius 2 is 1.95 bits per heavy atom. The molecule has 0 unspecified atom stereocenters. The summed E-state index contributed by atoms with van der Waals surface area (Å²) in [7, 11) is 1.46. The highest BCUT2D eigenvalue weighted by Crippen LogP contribution is 2.05. The highest BCUT2D eigenvalue weighted by atomic mass is 16.5. The third-order valence-electron chi connectivity index (χ3n) is 2.64. The molecule has 0 fully saturated rings. The van der Waals surface area contributed by atoms with Gasteiger partial charge in [-0.05, 0) is 26.8 Å². The molecule has 6 nitrogen and oxygen atoms in total. The number of nitrogens with zero attached hydrogens (tertiary/aromatic N) is 2. The van der Waals surface area contributed by atoms with Crippen molar-refractivity contribution in [3.63, 3.8) is 0 Å². The quantitative estimate of drug-likeness (QED) is 0.457. The van der Waals surface area contributed by atoms with Crippen LogP contribution in [0.4, 0.5) is 0 Å². The number of ether oxygens (including phenoxy) is 1. The van der Waals surface area contributed by atoms with Gasteiger partial charge in [-0.1, -0.05) is 0 Å². The van der Waals surface area contributed by atoms with Crippen LogP contribution in [0.25, 0.3) is 0 Å². The van der Waals surface area contributed by atoms with Crippen molar-refractivity contribution in [2.45, 2.75) is 32.9 Å². The van der Waals surface area contributed by atoms with E-state index in [-0.39, 0.29) is 11.8 Å². The molecule has 0 aliphatic rings. The number of esters is 1. The molecule has 1 aromatic rings. The monoisotopic (exact) mass is 266 g/mol. The summed E-state index contributed by atoms with van der Waals surface area (Å²) in [6, 6.07) is 3.77. The average molecular weight is 266 g/mol. The lowest BCUT2D eigenvalue weighted by Gasteiger charge is -2.23. The highest BCUT2D eigenvalue weighted by molar-refractivity contribution is 5.93. The van der Waals surface area contributed by atoms with Gasteiger partial charge < -0.3 is 14.8 Å². The van der Waals surface area contributed by atoms with Gasteiger partial charge in [0.1, 0.15) is 6.04 Å². The van der Waals surface area contributed by atoms with E-state index in [4.69, 9.17) is 4.74 Å². The van der Waals surface area contributed by atoms with Gasteiger partial charge in [-0.15, -0.1) is 0 Å². The summed E-state index contributed by atoms with van der Waals surface area (Å²) in [4.78, 5) is 25.0. The number of amides is 1. The molecule has 104 valence electrons. The molecule has 1 amide bonds. The first-order chi connectivity index (χ1) is 8.84. The lowest BCUT2D eigenvalue weighted by molar-refractivity contribution is -0.608. The second-order valence-corrected chi connectivity index (χ2v) is 4.49. The van der Waals surface area contributed by atoms with Crippen LogP contribution in [0.1, 0.15) is 31.3 Å². The smallest absolute Gasteiger partial charge is 0.328 e. The molecule has 0 spiro atoms. The van der Waals surface area contributed by atoms with Gasteiger partial charge in [0.25, 0.3) is 5.69 Å². The van der Waals surface area contributed by atoms with Gasteiger partial charge in [0.2, 0.25) is 0 Å². The van der Waals surface area contributed by atoms with Gasteiger partial charge in [-0.25, -0.2) is 4.79 Å². The van der Waals surface area contributed by atoms with Crippen LogP contribution in [0.5, 0.6) is 0 Å². The van der Waals surface area contributed by atoms with Crippen molar-refractivity contribution in [1.29, 1.82) is 0 Å². The van der Waals surface area contributed by atoms with Gasteiger partial charge in [-0.3, -0.25) is 4.79 Å². The summed E-state index contributed by atoms with van der Waals surface area (Å²) in [5, 5.41) is 11.5. The second-order valence-electron chi connectivity index (χ2n) is 4.49. The fourth-order valence-corrected chi connectivity index (χ4v) is 1.44. The lowest BCUT2D eigenvalue weighted by atomic mass is 10.2. The van der Waals surface area contributed by atoms with E-state index in [2.05, 4.69) is 0 Å². The van der Waals surface area contributed by atoms with Crippen molar-refractivity contribution in [3.05, 3.63) is 35.3 Å². The summed E-state index contributed by atoms with van der Waals surface area (Å²) < 4.78 is 5.50. The van der Waals surface area contributed by atoms with Crippen LogP contribution in [-0.4, -0.2) is 36.0 Å². The molecule has 0 bridgehead atoms. The number of hydrogen-bond donors (Lipinski definition) is 0. The lowest BCUT2D eigenvalue weighted by Crippen LogP contribution is -2.46. The molecule has 0 aromatic carbocycles. The van der Waals surface area contributed by atoms with Crippen LogP contribution in [-0.2, 0) is 9.53 Å². The SMILES string of the molecule is CC(C)OC(=O)[C@H](C)N(C)C(=O)c1cccc[n+]1[O-]. The maximum atomic E-state index is 12.1. The summed E-state index contributed by atoms with van der Waals surface area (Å²) in [6.45, 7) is 5.02. The van der Waals surface area contributed by atoms with Crippen molar-refractivity contribution in [2.24, 2.45) is 0 Å². The minimum Gasteiger partial charge on any atom is -0.618 e. The third kappa shape index (κ3) is 3.67. The minimum atomic E-state index is -0.755. The molecule has 6 heteroatoms. The third-order valence-corrected chi connectivity index (χ3v) is 2.64. The number of likely N-dealkylation sites (N-methyl/N-ethyl adjacent to an activating group) is 1. The first-order valence-electron chi connectivity index (χ1n) is 6.00. The van der Waals surface area contributed by atoms with Gasteiger partial charge >= 0.3 is 11.9 Å². The predicted octanol–water partition coefficient (Wildman–Crippen LogP) is 0.732. The Labute approximate surface area is 112 Å². The van der Waals surface area contributed by atoms with Gasteiger partial charge in [0, 0.05) is 19.2 Å². The molecule has 1 aromatic heterocycles. The Morgan fingerprint density at radius 3 is 2.47 bits per heavy atom. The van der Waals surface area contributed by atoms with Crippen LogP contribution in [0, 0.1) is 5.21 Å². The zero-order chi connectivity index (χ0) is 14.6. The van der Waals surface area contributed by atoms with Crippen molar-refractivity contribution in [1.82, 2.24) is 4.90 Å². The van der Waals surface area contributed by atoms with Crippen molar-refractivity contribution in [2.75, 3.05) is 7.05 Å². The Morgan fingerprint density at radius 1 is 1.32 bits per heavy atom. The minimum absolute atomic E-state index is 0.0332. The first kappa shape index (κ1) is 14.9. The summed E-state index contributed by atoms with van der Waals surface area (Å²) >= 11 is 0. The Balaban J connectivity index is 2.83. The van der Waals surface area contributed by atoms with E-state index in [0.717, 1.165) is 0 Å². The van der Waals surface area contributed by atoms with E-state index >= 15 is 0 Å². The van der Waals surface area contributed by atoms with Crippen LogP contribution in [0.3, 0.4) is 0 Å². The molecule has 1 rings (SSSR count). The maximum absolute atomic E-state index is 12.1. The molecule has 1 heterocycles. The normalized spacial score (nSPS) is 12.1. The number of carbonyl (C=O) groups excluding carboxylic acids is 2. The number of pyridine rings is 1. The van der Waals surface area contributed by atoms with E-state index in [0.29, 0.717) is 4.73 Å². The zero-order valence-electron chi connectivity index (χ0n) is 11.5. The fourth-order valence-electron chi connectivity index (χ4n) is 1.44. The summed E-state index contributed by atoms with van der Waals surface area (Å²) in [6.07, 6.45) is 0.984. The molecule has 0 N–H and O–H groups in total. The number of carbonyl (C=O) groups is 2. The van der Waals surface area contributed by atoms with E-state index < -0.39 is 17.9 Å². The molecular formula is C13H18N2O4. The molecule has 1 atom stereocenters. The summed E-state index contributed by atoms with van der Waals surface area (Å²) in [5.74, 6) is -1.02. The van der Waals surface area contributed by atoms with Crippen LogP contribution >= 0.6 is 0 Å². The number of hydrogen-bond acceptors (Lipinski definition) is 4. The molecule has 0 aliphatic carbocycles. The number of rotatable bonds is 4. The summed E-state index contributed by atoms with van der Waals surface area (Å²) in [5.41, 5.74) is -0.0332. The maximum Gasteiger partial charge on any atom is 0.328 e. The van der Waals surface area contributed by atoms with E-state index in [9.17, 15) is 14.8 Å². The Hall–Kier alpha value is -2.11. The van der Waals surface area contributed by atoms with Crippen LogP contribution in [0.15, 0.2) is 24.4 Å². The van der Waals surface area contributed by atoms with Gasteiger partial charge in [0.05, 0.1) is 6.10 Å². The van der Waals surface area contributed by atoms with E-state index in [1.54, 1.807) is 26.8 Å². The largest absolute Gasteiger partial charge is 0.618 e. The van der Waals surface area contributed by atoms with E-state index in [1.165, 1.54) is 30.3 Å². The van der Waals surface area contributed by atoms with Gasteiger partial charge in [-0.2, -0.15) is 4.73 Å². The molecular weight excluding hydrogens is 248 g/mol. The van der Waals surface area contributed by atoms with E-state index in [1.807, 2.05) is 0 Å². The Kier molecular flexibility index (Phi) is 4.86. The predicted molar refractivity (Wildman–Crippen MR) is 68.2 cm³/mol. The van der Waals surface area contributed by atoms with Gasteiger partial charge in [0.15, 0.2) is 6.20 Å². The highest BCUT2D eigenvalue weighted by Gasteiger charge is 2.28.